The molecule has 0 bridgehead atoms. The first-order valence-corrected chi connectivity index (χ1v) is 5.58. The van der Waals surface area contributed by atoms with Crippen LogP contribution in [0, 0.1) is 6.92 Å². The van der Waals surface area contributed by atoms with Crippen LogP contribution in [-0.2, 0) is 13.1 Å². The van der Waals surface area contributed by atoms with E-state index in [2.05, 4.69) is 25.6 Å². The summed E-state index contributed by atoms with van der Waals surface area (Å²) in [5, 5.41) is 6.47. The molecule has 0 saturated carbocycles. The molecular weight excluding hydrogens is 208 g/mol. The number of aryl methyl sites for hydroxylation is 1. The van der Waals surface area contributed by atoms with E-state index >= 15 is 0 Å². The Hall–Kier alpha value is -1.33. The van der Waals surface area contributed by atoms with Crippen molar-refractivity contribution in [1.29, 1.82) is 0 Å². The monoisotopic (exact) mass is 220 g/mol. The lowest BCUT2D eigenvalue weighted by Gasteiger charge is -2.00. The van der Waals surface area contributed by atoms with E-state index in [-0.39, 0.29) is 0 Å². The van der Waals surface area contributed by atoms with Crippen LogP contribution in [0.3, 0.4) is 0 Å². The van der Waals surface area contributed by atoms with E-state index in [0.29, 0.717) is 0 Å². The van der Waals surface area contributed by atoms with Gasteiger partial charge in [-0.15, -0.1) is 11.3 Å². The Kier molecular flexibility index (Phi) is 3.37. The second-order valence-electron chi connectivity index (χ2n) is 3.23. The molecule has 5 heteroatoms. The maximum absolute atomic E-state index is 4.37. The van der Waals surface area contributed by atoms with Gasteiger partial charge in [0.05, 0.1) is 0 Å². The molecule has 0 aliphatic carbocycles. The lowest BCUT2D eigenvalue weighted by atomic mass is 10.3. The van der Waals surface area contributed by atoms with Crippen molar-refractivity contribution in [3.05, 3.63) is 40.4 Å². The molecule has 0 radical (unpaired) electrons. The molecule has 0 saturated heterocycles. The third kappa shape index (κ3) is 3.07. The van der Waals surface area contributed by atoms with E-state index in [1.165, 1.54) is 6.33 Å². The predicted octanol–water partition coefficient (Wildman–Crippen LogP) is 1.53. The Bertz CT molecular complexity index is 412. The molecule has 0 fully saturated rings. The van der Waals surface area contributed by atoms with Crippen molar-refractivity contribution in [2.24, 2.45) is 0 Å². The first-order valence-electron chi connectivity index (χ1n) is 4.70. The van der Waals surface area contributed by atoms with Gasteiger partial charge in [0.25, 0.3) is 0 Å². The van der Waals surface area contributed by atoms with Crippen LogP contribution in [0.15, 0.2) is 24.1 Å². The summed E-state index contributed by atoms with van der Waals surface area (Å²) in [6, 6.07) is 0. The first kappa shape index (κ1) is 10.2. The predicted molar refractivity (Wildman–Crippen MR) is 59.4 cm³/mol. The molecule has 0 amide bonds. The van der Waals surface area contributed by atoms with E-state index in [4.69, 9.17) is 0 Å². The minimum Gasteiger partial charge on any atom is -0.306 e. The van der Waals surface area contributed by atoms with Crippen molar-refractivity contribution in [1.82, 2.24) is 20.3 Å². The smallest absolute Gasteiger partial charge is 0.115 e. The second-order valence-corrected chi connectivity index (χ2v) is 4.18. The van der Waals surface area contributed by atoms with Crippen molar-refractivity contribution in [2.45, 2.75) is 20.0 Å². The molecule has 2 aromatic heterocycles. The lowest BCUT2D eigenvalue weighted by molar-refractivity contribution is 0.684. The minimum absolute atomic E-state index is 0.777. The molecule has 15 heavy (non-hydrogen) atoms. The Labute approximate surface area is 92.4 Å². The summed E-state index contributed by atoms with van der Waals surface area (Å²) in [4.78, 5) is 12.3. The average Bonchev–Trinajstić information content (AvgIpc) is 2.66. The van der Waals surface area contributed by atoms with Crippen molar-refractivity contribution < 1.29 is 0 Å². The minimum atomic E-state index is 0.777. The number of nitrogens with one attached hydrogen (secondary N) is 1. The second kappa shape index (κ2) is 4.95. The van der Waals surface area contributed by atoms with Gasteiger partial charge in [0.2, 0.25) is 0 Å². The molecule has 78 valence electrons. The number of hydrogen-bond donors (Lipinski definition) is 1. The van der Waals surface area contributed by atoms with Crippen molar-refractivity contribution in [3.63, 3.8) is 0 Å². The third-order valence-electron chi connectivity index (χ3n) is 1.89. The molecule has 0 aliphatic rings. The fourth-order valence-electron chi connectivity index (χ4n) is 1.22. The summed E-state index contributed by atoms with van der Waals surface area (Å²) < 4.78 is 0. The molecule has 1 N–H and O–H groups in total. The maximum atomic E-state index is 4.37. The molecular formula is C10H12N4S. The summed E-state index contributed by atoms with van der Waals surface area (Å²) in [5.41, 5.74) is 2.17. The van der Waals surface area contributed by atoms with E-state index in [9.17, 15) is 0 Å². The van der Waals surface area contributed by atoms with Crippen molar-refractivity contribution >= 4 is 11.3 Å². The van der Waals surface area contributed by atoms with Crippen LogP contribution >= 0.6 is 11.3 Å². The van der Waals surface area contributed by atoms with E-state index in [0.717, 1.165) is 29.4 Å². The molecule has 0 aliphatic heterocycles. The summed E-state index contributed by atoms with van der Waals surface area (Å²) in [5.74, 6) is 0. The van der Waals surface area contributed by atoms with Gasteiger partial charge < -0.3 is 5.32 Å². The fourth-order valence-corrected chi connectivity index (χ4v) is 1.96. The topological polar surface area (TPSA) is 50.7 Å². The van der Waals surface area contributed by atoms with Gasteiger partial charge in [0.1, 0.15) is 11.3 Å². The van der Waals surface area contributed by atoms with Crippen LogP contribution in [-0.4, -0.2) is 15.0 Å². The molecule has 0 spiro atoms. The highest BCUT2D eigenvalue weighted by Gasteiger charge is 1.98. The Morgan fingerprint density at radius 2 is 2.07 bits per heavy atom. The van der Waals surface area contributed by atoms with Crippen LogP contribution in [0.5, 0.6) is 0 Å². The fraction of sp³-hybridized carbons (Fsp3) is 0.300. The zero-order valence-corrected chi connectivity index (χ0v) is 9.29. The van der Waals surface area contributed by atoms with Gasteiger partial charge in [-0.2, -0.15) is 0 Å². The van der Waals surface area contributed by atoms with Gasteiger partial charge >= 0.3 is 0 Å². The zero-order chi connectivity index (χ0) is 10.5. The Morgan fingerprint density at radius 3 is 2.73 bits per heavy atom. The van der Waals surface area contributed by atoms with Crippen LogP contribution in [0.25, 0.3) is 0 Å². The Morgan fingerprint density at radius 1 is 1.27 bits per heavy atom. The molecule has 0 atom stereocenters. The van der Waals surface area contributed by atoms with Gasteiger partial charge in [0, 0.05) is 42.1 Å². The quantitative estimate of drug-likeness (QED) is 0.849. The highest BCUT2D eigenvalue weighted by molar-refractivity contribution is 7.09. The van der Waals surface area contributed by atoms with E-state index in [1.807, 2.05) is 19.3 Å². The van der Waals surface area contributed by atoms with Gasteiger partial charge in [0.15, 0.2) is 0 Å². The van der Waals surface area contributed by atoms with Gasteiger partial charge in [-0.1, -0.05) is 0 Å². The lowest BCUT2D eigenvalue weighted by Crippen LogP contribution is -2.12. The van der Waals surface area contributed by atoms with Gasteiger partial charge in [-0.05, 0) is 6.92 Å². The molecule has 4 nitrogen and oxygen atoms in total. The third-order valence-corrected chi connectivity index (χ3v) is 2.85. The number of aromatic nitrogens is 3. The number of hydrogen-bond acceptors (Lipinski definition) is 5. The van der Waals surface area contributed by atoms with Crippen molar-refractivity contribution in [3.8, 4) is 0 Å². The van der Waals surface area contributed by atoms with Crippen LogP contribution in [0.1, 0.15) is 16.3 Å². The van der Waals surface area contributed by atoms with Gasteiger partial charge in [-0.25, -0.2) is 15.0 Å². The van der Waals surface area contributed by atoms with E-state index < -0.39 is 0 Å². The first-order chi connectivity index (χ1) is 7.34. The van der Waals surface area contributed by atoms with Crippen molar-refractivity contribution in [2.75, 3.05) is 0 Å². The Balaban J connectivity index is 1.80. The standard InChI is InChI=1S/C10H12N4S/c1-8-6-15-10(14-8)5-11-2-9-3-12-7-13-4-9/h3-4,6-7,11H,2,5H2,1H3. The molecule has 2 heterocycles. The van der Waals surface area contributed by atoms with Crippen LogP contribution < -0.4 is 5.32 Å². The summed E-state index contributed by atoms with van der Waals surface area (Å²) in [7, 11) is 0. The van der Waals surface area contributed by atoms with Crippen LogP contribution in [0.2, 0.25) is 0 Å². The number of nitrogens with zero attached hydrogens (tertiary/aromatic N) is 3. The molecule has 0 aromatic carbocycles. The highest BCUT2D eigenvalue weighted by Crippen LogP contribution is 2.08. The summed E-state index contributed by atoms with van der Waals surface area (Å²) >= 11 is 1.68. The molecule has 2 rings (SSSR count). The highest BCUT2D eigenvalue weighted by atomic mass is 32.1. The summed E-state index contributed by atoms with van der Waals surface area (Å²) in [6.07, 6.45) is 5.16. The summed E-state index contributed by atoms with van der Waals surface area (Å²) in [6.45, 7) is 3.58. The van der Waals surface area contributed by atoms with Crippen LogP contribution in [0.4, 0.5) is 0 Å². The van der Waals surface area contributed by atoms with E-state index in [1.54, 1.807) is 11.3 Å². The molecule has 0 unspecified atom stereocenters. The molecule has 2 aromatic rings. The maximum Gasteiger partial charge on any atom is 0.115 e. The number of thiazole rings is 1. The largest absolute Gasteiger partial charge is 0.306 e. The normalized spacial score (nSPS) is 10.5. The van der Waals surface area contributed by atoms with Gasteiger partial charge in [-0.3, -0.25) is 0 Å². The average molecular weight is 220 g/mol. The number of rotatable bonds is 4. The SMILES string of the molecule is Cc1csc(CNCc2cncnc2)n1. The zero-order valence-electron chi connectivity index (χ0n) is 8.47.